The summed E-state index contributed by atoms with van der Waals surface area (Å²) in [7, 11) is 0. The second kappa shape index (κ2) is 10.8. The molecule has 0 aliphatic carbocycles. The Bertz CT molecular complexity index is 1230. The molecular weight excluding hydrogens is 525 g/mol. The molecule has 3 aromatic rings. The largest absolute Gasteiger partial charge is 0.416 e. The van der Waals surface area contributed by atoms with E-state index in [0.29, 0.717) is 36.2 Å². The summed E-state index contributed by atoms with van der Waals surface area (Å²) in [5, 5.41) is 10.1. The van der Waals surface area contributed by atoms with E-state index in [2.05, 4.69) is 15.4 Å². The fraction of sp³-hybridized carbons (Fsp3) is 0.375. The number of nitrogens with one attached hydrogen (secondary N) is 1. The van der Waals surface area contributed by atoms with E-state index in [-0.39, 0.29) is 30.5 Å². The summed E-state index contributed by atoms with van der Waals surface area (Å²) >= 11 is 0. The fourth-order valence-corrected chi connectivity index (χ4v) is 4.17. The molecule has 1 aliphatic heterocycles. The molecule has 1 saturated heterocycles. The van der Waals surface area contributed by atoms with Crippen molar-refractivity contribution in [3.63, 3.8) is 0 Å². The van der Waals surface area contributed by atoms with E-state index in [4.69, 9.17) is 9.47 Å². The number of morpholine rings is 1. The van der Waals surface area contributed by atoms with E-state index in [1.54, 1.807) is 4.90 Å². The molecule has 1 N–H and O–H groups in total. The normalized spacial score (nSPS) is 19.9. The first-order chi connectivity index (χ1) is 17.9. The zero-order valence-electron chi connectivity index (χ0n) is 19.7. The lowest BCUT2D eigenvalue weighted by molar-refractivity contribution is -0.231. The van der Waals surface area contributed by atoms with Gasteiger partial charge in [-0.1, -0.05) is 12.1 Å². The highest BCUT2D eigenvalue weighted by Crippen LogP contribution is 2.40. The third kappa shape index (κ3) is 6.19. The van der Waals surface area contributed by atoms with Crippen LogP contribution in [0.25, 0.3) is 0 Å². The lowest BCUT2D eigenvalue weighted by Crippen LogP contribution is -2.46. The van der Waals surface area contributed by atoms with Crippen LogP contribution >= 0.6 is 0 Å². The molecule has 1 fully saturated rings. The molecule has 4 rings (SSSR count). The quantitative estimate of drug-likeness (QED) is 0.313. The van der Waals surface area contributed by atoms with E-state index >= 15 is 0 Å². The molecule has 14 heteroatoms. The maximum atomic E-state index is 13.6. The predicted molar refractivity (Wildman–Crippen MR) is 117 cm³/mol. The minimum atomic E-state index is -5.02. The molecule has 2 aromatic carbocycles. The monoisotopic (exact) mass is 546 g/mol. The number of aldehydes is 1. The van der Waals surface area contributed by atoms with E-state index in [1.165, 1.54) is 31.2 Å². The molecule has 38 heavy (non-hydrogen) atoms. The zero-order valence-corrected chi connectivity index (χ0v) is 19.7. The summed E-state index contributed by atoms with van der Waals surface area (Å²) in [6, 6.07) is 5.75. The minimum Gasteiger partial charge on any atom is -0.349 e. The molecular formula is C24H21F7N4O3. The van der Waals surface area contributed by atoms with Gasteiger partial charge >= 0.3 is 12.4 Å². The summed E-state index contributed by atoms with van der Waals surface area (Å²) in [6.45, 7) is 1.76. The maximum Gasteiger partial charge on any atom is 0.416 e. The number of aromatic amines is 1. The van der Waals surface area contributed by atoms with Gasteiger partial charge in [-0.2, -0.15) is 41.8 Å². The molecule has 1 aromatic heterocycles. The number of hydrogen-bond acceptors (Lipinski definition) is 6. The number of ether oxygens (including phenoxy) is 2. The van der Waals surface area contributed by atoms with Crippen molar-refractivity contribution in [3.05, 3.63) is 81.9 Å². The minimum absolute atomic E-state index is 0.0406. The van der Waals surface area contributed by atoms with Crippen LogP contribution in [0, 0.1) is 5.82 Å². The maximum absolute atomic E-state index is 13.6. The summed E-state index contributed by atoms with van der Waals surface area (Å²) in [5.41, 5.74) is -2.43. The van der Waals surface area contributed by atoms with Crippen LogP contribution in [0.2, 0.25) is 0 Å². The Labute approximate surface area is 211 Å². The number of hydrogen-bond donors (Lipinski definition) is 1. The highest BCUT2D eigenvalue weighted by Gasteiger charge is 2.39. The molecule has 1 unspecified atom stereocenters. The van der Waals surface area contributed by atoms with E-state index in [0.717, 1.165) is 0 Å². The SMILES string of the molecule is C[C@@H](OC1OCCN(Cc2n[nH]nc2C=O)[C@H]1c1ccc(F)cc1)c1cc(C(F)(F)F)cc(C(F)(F)F)c1. The van der Waals surface area contributed by atoms with Crippen LogP contribution in [0.3, 0.4) is 0 Å². The van der Waals surface area contributed by atoms with Crippen LogP contribution in [-0.4, -0.2) is 46.0 Å². The predicted octanol–water partition coefficient (Wildman–Crippen LogP) is 5.47. The lowest BCUT2D eigenvalue weighted by Gasteiger charge is -2.41. The highest BCUT2D eigenvalue weighted by atomic mass is 19.4. The Hall–Kier alpha value is -3.36. The van der Waals surface area contributed by atoms with Crippen molar-refractivity contribution in [3.8, 4) is 0 Å². The third-order valence-corrected chi connectivity index (χ3v) is 6.06. The highest BCUT2D eigenvalue weighted by molar-refractivity contribution is 5.72. The second-order valence-corrected chi connectivity index (χ2v) is 8.60. The summed E-state index contributed by atoms with van der Waals surface area (Å²) in [6.07, 6.45) is -12.0. The standard InChI is InChI=1S/C24H21F7N4O3/c1-13(15-8-16(23(26,27)28)10-17(9-15)24(29,30)31)38-22-21(14-2-4-18(25)5-3-14)35(6-7-37-22)11-19-20(12-36)33-34-32-19/h2-5,8-10,12-13,21-22H,6-7,11H2,1H3,(H,32,33,34)/t13-,21+,22?/m1/s1. The summed E-state index contributed by atoms with van der Waals surface area (Å²) < 4.78 is 105. The van der Waals surface area contributed by atoms with Gasteiger partial charge in [-0.3, -0.25) is 9.69 Å². The Balaban J connectivity index is 1.67. The first-order valence-corrected chi connectivity index (χ1v) is 11.3. The Morgan fingerprint density at radius 3 is 2.29 bits per heavy atom. The second-order valence-electron chi connectivity index (χ2n) is 8.60. The number of carbonyl (C=O) groups excluding carboxylic acids is 1. The molecule has 0 spiro atoms. The molecule has 2 heterocycles. The molecule has 0 radical (unpaired) electrons. The average Bonchev–Trinajstić information content (AvgIpc) is 3.31. The number of nitrogens with zero attached hydrogens (tertiary/aromatic N) is 3. The van der Waals surface area contributed by atoms with Crippen LogP contribution < -0.4 is 0 Å². The smallest absolute Gasteiger partial charge is 0.349 e. The number of rotatable bonds is 7. The zero-order chi connectivity index (χ0) is 27.7. The van der Waals surface area contributed by atoms with Crippen LogP contribution in [0.5, 0.6) is 0 Å². The lowest BCUT2D eigenvalue weighted by atomic mass is 10.0. The van der Waals surface area contributed by atoms with Gasteiger partial charge in [-0.15, -0.1) is 0 Å². The Morgan fingerprint density at radius 1 is 1.08 bits per heavy atom. The fourth-order valence-electron chi connectivity index (χ4n) is 4.17. The molecule has 3 atom stereocenters. The van der Waals surface area contributed by atoms with Gasteiger partial charge in [0.05, 0.1) is 29.9 Å². The van der Waals surface area contributed by atoms with Crippen LogP contribution in [0.1, 0.15) is 57.5 Å². The first-order valence-electron chi connectivity index (χ1n) is 11.3. The van der Waals surface area contributed by atoms with Gasteiger partial charge in [-0.05, 0) is 48.4 Å². The van der Waals surface area contributed by atoms with Gasteiger partial charge in [0.1, 0.15) is 17.2 Å². The number of benzene rings is 2. The molecule has 204 valence electrons. The number of carbonyl (C=O) groups is 1. The average molecular weight is 546 g/mol. The van der Waals surface area contributed by atoms with Crippen LogP contribution in [0.15, 0.2) is 42.5 Å². The van der Waals surface area contributed by atoms with E-state index in [9.17, 15) is 35.5 Å². The molecule has 0 saturated carbocycles. The van der Waals surface area contributed by atoms with Crippen molar-refractivity contribution in [1.82, 2.24) is 20.3 Å². The van der Waals surface area contributed by atoms with Crippen molar-refractivity contribution < 1.29 is 45.0 Å². The molecule has 7 nitrogen and oxygen atoms in total. The van der Waals surface area contributed by atoms with Crippen molar-refractivity contribution in [2.24, 2.45) is 0 Å². The molecule has 0 amide bonds. The Kier molecular flexibility index (Phi) is 7.85. The van der Waals surface area contributed by atoms with Gasteiger partial charge in [0.2, 0.25) is 0 Å². The van der Waals surface area contributed by atoms with Crippen molar-refractivity contribution in [2.45, 2.75) is 44.3 Å². The number of alkyl halides is 6. The van der Waals surface area contributed by atoms with Gasteiger partial charge in [-0.25, -0.2) is 4.39 Å². The van der Waals surface area contributed by atoms with E-state index < -0.39 is 47.7 Å². The Morgan fingerprint density at radius 2 is 1.71 bits per heavy atom. The van der Waals surface area contributed by atoms with Crippen molar-refractivity contribution in [2.75, 3.05) is 13.2 Å². The van der Waals surface area contributed by atoms with Crippen molar-refractivity contribution in [1.29, 1.82) is 0 Å². The summed E-state index contributed by atoms with van der Waals surface area (Å²) in [5.74, 6) is -0.522. The third-order valence-electron chi connectivity index (χ3n) is 6.06. The van der Waals surface area contributed by atoms with Gasteiger partial charge in [0.25, 0.3) is 0 Å². The summed E-state index contributed by atoms with van der Waals surface area (Å²) in [4.78, 5) is 13.1. The van der Waals surface area contributed by atoms with Gasteiger partial charge in [0.15, 0.2) is 12.6 Å². The number of halogens is 7. The molecule has 1 aliphatic rings. The first kappa shape index (κ1) is 27.7. The van der Waals surface area contributed by atoms with Crippen molar-refractivity contribution >= 4 is 6.29 Å². The van der Waals surface area contributed by atoms with E-state index in [1.807, 2.05) is 0 Å². The molecule has 0 bridgehead atoms. The van der Waals surface area contributed by atoms with Gasteiger partial charge in [0, 0.05) is 13.1 Å². The number of aromatic nitrogens is 3. The number of H-pyrrole nitrogens is 1. The van der Waals surface area contributed by atoms with Crippen LogP contribution in [-0.2, 0) is 28.4 Å². The van der Waals surface area contributed by atoms with Crippen LogP contribution in [0.4, 0.5) is 30.7 Å². The topological polar surface area (TPSA) is 80.3 Å². The van der Waals surface area contributed by atoms with Gasteiger partial charge < -0.3 is 9.47 Å².